The van der Waals surface area contributed by atoms with E-state index in [9.17, 15) is 4.79 Å². The van der Waals surface area contributed by atoms with Crippen LogP contribution in [0.25, 0.3) is 6.08 Å². The molecular weight excluding hydrogens is 318 g/mol. The standard InChI is InChI=1S/C16H20BrNO2/c1-12-5-3-2-4-10-18(12)15-8-6-13(11-14(15)17)7-9-16(19)20/h6-9,11-12H,2-5,10H2,1H3,(H,19,20)/b9-7+. The summed E-state index contributed by atoms with van der Waals surface area (Å²) in [5, 5.41) is 8.66. The average Bonchev–Trinajstić information content (AvgIpc) is 2.61. The van der Waals surface area contributed by atoms with Crippen molar-refractivity contribution in [3.8, 4) is 0 Å². The van der Waals surface area contributed by atoms with Gasteiger partial charge in [-0.15, -0.1) is 0 Å². The van der Waals surface area contributed by atoms with E-state index < -0.39 is 5.97 Å². The second-order valence-electron chi connectivity index (χ2n) is 5.27. The summed E-state index contributed by atoms with van der Waals surface area (Å²) >= 11 is 3.62. The molecule has 1 N–H and O–H groups in total. The summed E-state index contributed by atoms with van der Waals surface area (Å²) in [6.45, 7) is 3.36. The molecule has 1 fully saturated rings. The van der Waals surface area contributed by atoms with E-state index in [0.29, 0.717) is 6.04 Å². The summed E-state index contributed by atoms with van der Waals surface area (Å²) in [6, 6.07) is 6.57. The van der Waals surface area contributed by atoms with Gasteiger partial charge in [-0.05, 0) is 59.5 Å². The molecule has 108 valence electrons. The van der Waals surface area contributed by atoms with Gasteiger partial charge in [0.2, 0.25) is 0 Å². The lowest BCUT2D eigenvalue weighted by Crippen LogP contribution is -2.32. The maximum absolute atomic E-state index is 10.5. The van der Waals surface area contributed by atoms with Crippen LogP contribution in [0.3, 0.4) is 0 Å². The number of benzene rings is 1. The predicted molar refractivity (Wildman–Crippen MR) is 86.1 cm³/mol. The van der Waals surface area contributed by atoms with Crippen LogP contribution < -0.4 is 4.90 Å². The van der Waals surface area contributed by atoms with Crippen LogP contribution >= 0.6 is 15.9 Å². The van der Waals surface area contributed by atoms with Crippen molar-refractivity contribution in [3.63, 3.8) is 0 Å². The lowest BCUT2D eigenvalue weighted by molar-refractivity contribution is -0.131. The van der Waals surface area contributed by atoms with Gasteiger partial charge in [0.05, 0.1) is 5.69 Å². The molecule has 1 unspecified atom stereocenters. The fourth-order valence-electron chi connectivity index (χ4n) is 2.66. The topological polar surface area (TPSA) is 40.5 Å². The Morgan fingerprint density at radius 1 is 1.40 bits per heavy atom. The van der Waals surface area contributed by atoms with Crippen molar-refractivity contribution >= 4 is 33.7 Å². The molecule has 0 saturated carbocycles. The van der Waals surface area contributed by atoms with E-state index in [-0.39, 0.29) is 0 Å². The zero-order valence-electron chi connectivity index (χ0n) is 11.7. The van der Waals surface area contributed by atoms with E-state index in [1.54, 1.807) is 6.08 Å². The lowest BCUT2D eigenvalue weighted by atomic mass is 10.1. The van der Waals surface area contributed by atoms with Gasteiger partial charge in [0.25, 0.3) is 0 Å². The summed E-state index contributed by atoms with van der Waals surface area (Å²) in [4.78, 5) is 13.0. The summed E-state index contributed by atoms with van der Waals surface area (Å²) in [7, 11) is 0. The van der Waals surface area contributed by atoms with Crippen molar-refractivity contribution in [1.29, 1.82) is 0 Å². The Morgan fingerprint density at radius 3 is 2.90 bits per heavy atom. The number of carbonyl (C=O) groups is 1. The highest BCUT2D eigenvalue weighted by Gasteiger charge is 2.19. The maximum Gasteiger partial charge on any atom is 0.328 e. The van der Waals surface area contributed by atoms with Gasteiger partial charge in [0, 0.05) is 23.1 Å². The minimum atomic E-state index is -0.925. The van der Waals surface area contributed by atoms with Crippen molar-refractivity contribution in [2.45, 2.75) is 38.6 Å². The van der Waals surface area contributed by atoms with Crippen LogP contribution in [0.1, 0.15) is 38.2 Å². The first-order chi connectivity index (χ1) is 9.58. The molecule has 0 spiro atoms. The van der Waals surface area contributed by atoms with E-state index in [4.69, 9.17) is 5.11 Å². The molecule has 1 aliphatic heterocycles. The van der Waals surface area contributed by atoms with Crippen molar-refractivity contribution in [1.82, 2.24) is 0 Å². The molecule has 1 aromatic carbocycles. The number of carboxylic acids is 1. The Balaban J connectivity index is 2.22. The van der Waals surface area contributed by atoms with Crippen LogP contribution in [0.4, 0.5) is 5.69 Å². The lowest BCUT2D eigenvalue weighted by Gasteiger charge is -2.30. The van der Waals surface area contributed by atoms with Crippen molar-refractivity contribution < 1.29 is 9.90 Å². The third-order valence-electron chi connectivity index (χ3n) is 3.75. The zero-order valence-corrected chi connectivity index (χ0v) is 13.3. The third kappa shape index (κ3) is 3.85. The highest BCUT2D eigenvalue weighted by atomic mass is 79.9. The third-order valence-corrected chi connectivity index (χ3v) is 4.39. The normalized spacial score (nSPS) is 20.1. The SMILES string of the molecule is CC1CCCCCN1c1ccc(/C=C/C(=O)O)cc1Br. The molecule has 0 aromatic heterocycles. The fourth-order valence-corrected chi connectivity index (χ4v) is 3.28. The fraction of sp³-hybridized carbons (Fsp3) is 0.438. The molecule has 1 aromatic rings. The molecule has 0 amide bonds. The molecule has 0 radical (unpaired) electrons. The number of anilines is 1. The van der Waals surface area contributed by atoms with Crippen LogP contribution in [0.2, 0.25) is 0 Å². The van der Waals surface area contributed by atoms with E-state index in [1.165, 1.54) is 31.4 Å². The number of aliphatic carboxylic acids is 1. The van der Waals surface area contributed by atoms with Gasteiger partial charge in [0.1, 0.15) is 0 Å². The molecule has 1 heterocycles. The molecular formula is C16H20BrNO2. The monoisotopic (exact) mass is 337 g/mol. The number of nitrogens with zero attached hydrogens (tertiary/aromatic N) is 1. The van der Waals surface area contributed by atoms with Gasteiger partial charge in [-0.3, -0.25) is 0 Å². The molecule has 3 nitrogen and oxygen atoms in total. The van der Waals surface area contributed by atoms with Gasteiger partial charge in [-0.1, -0.05) is 18.9 Å². The van der Waals surface area contributed by atoms with Crippen LogP contribution in [-0.4, -0.2) is 23.7 Å². The number of hydrogen-bond donors (Lipinski definition) is 1. The molecule has 1 saturated heterocycles. The smallest absolute Gasteiger partial charge is 0.328 e. The van der Waals surface area contributed by atoms with E-state index in [0.717, 1.165) is 22.7 Å². The number of hydrogen-bond acceptors (Lipinski definition) is 2. The Kier molecular flexibility index (Phi) is 5.24. The zero-order chi connectivity index (χ0) is 14.5. The Hall–Kier alpha value is -1.29. The summed E-state index contributed by atoms with van der Waals surface area (Å²) in [5.74, 6) is -0.925. The predicted octanol–water partition coefficient (Wildman–Crippen LogP) is 4.32. The van der Waals surface area contributed by atoms with Gasteiger partial charge < -0.3 is 10.0 Å². The molecule has 0 bridgehead atoms. The first-order valence-corrected chi connectivity index (χ1v) is 7.84. The minimum Gasteiger partial charge on any atom is -0.478 e. The average molecular weight is 338 g/mol. The number of carboxylic acid groups (broad SMARTS) is 1. The van der Waals surface area contributed by atoms with E-state index in [2.05, 4.69) is 33.8 Å². The maximum atomic E-state index is 10.5. The minimum absolute atomic E-state index is 0.550. The number of rotatable bonds is 3. The van der Waals surface area contributed by atoms with Crippen LogP contribution in [0, 0.1) is 0 Å². The Labute approximate surface area is 128 Å². The first kappa shape index (κ1) is 15.1. The van der Waals surface area contributed by atoms with Crippen molar-refractivity contribution in [2.24, 2.45) is 0 Å². The molecule has 1 atom stereocenters. The van der Waals surface area contributed by atoms with Crippen LogP contribution in [0.15, 0.2) is 28.7 Å². The van der Waals surface area contributed by atoms with Gasteiger partial charge >= 0.3 is 5.97 Å². The van der Waals surface area contributed by atoms with Gasteiger partial charge in [-0.2, -0.15) is 0 Å². The first-order valence-electron chi connectivity index (χ1n) is 7.05. The molecule has 1 aliphatic rings. The Bertz CT molecular complexity index is 513. The van der Waals surface area contributed by atoms with Crippen LogP contribution in [-0.2, 0) is 4.79 Å². The molecule has 20 heavy (non-hydrogen) atoms. The quantitative estimate of drug-likeness (QED) is 0.835. The summed E-state index contributed by atoms with van der Waals surface area (Å²) in [6.07, 6.45) is 7.84. The highest BCUT2D eigenvalue weighted by molar-refractivity contribution is 9.10. The second kappa shape index (κ2) is 6.93. The molecule has 2 rings (SSSR count). The van der Waals surface area contributed by atoms with Gasteiger partial charge in [0.15, 0.2) is 0 Å². The highest BCUT2D eigenvalue weighted by Crippen LogP contribution is 2.32. The summed E-state index contributed by atoms with van der Waals surface area (Å²) in [5.41, 5.74) is 2.09. The Morgan fingerprint density at radius 2 is 2.20 bits per heavy atom. The van der Waals surface area contributed by atoms with Crippen molar-refractivity contribution in [3.05, 3.63) is 34.3 Å². The molecule has 4 heteroatoms. The number of halogens is 1. The van der Waals surface area contributed by atoms with Crippen molar-refractivity contribution in [2.75, 3.05) is 11.4 Å². The largest absolute Gasteiger partial charge is 0.478 e. The summed E-state index contributed by atoms with van der Waals surface area (Å²) < 4.78 is 1.03. The van der Waals surface area contributed by atoms with E-state index >= 15 is 0 Å². The molecule has 0 aliphatic carbocycles. The van der Waals surface area contributed by atoms with E-state index in [1.807, 2.05) is 12.1 Å². The van der Waals surface area contributed by atoms with Crippen LogP contribution in [0.5, 0.6) is 0 Å². The second-order valence-corrected chi connectivity index (χ2v) is 6.13. The van der Waals surface area contributed by atoms with Gasteiger partial charge in [-0.25, -0.2) is 4.79 Å².